The topological polar surface area (TPSA) is 89.9 Å². The largest absolute Gasteiger partial charge is 0.461 e. The van der Waals surface area contributed by atoms with Crippen LogP contribution in [0, 0.1) is 23.7 Å². The third kappa shape index (κ3) is 2.23. The van der Waals surface area contributed by atoms with Gasteiger partial charge in [0.05, 0.1) is 18.4 Å². The minimum atomic E-state index is -1.63. The Bertz CT molecular complexity index is 582. The molecular weight excluding hydrogens is 300 g/mol. The van der Waals surface area contributed by atoms with Crippen molar-refractivity contribution in [1.29, 1.82) is 0 Å². The normalized spacial score (nSPS) is 42.7. The molecule has 3 aliphatic rings. The molecule has 6 heteroatoms. The summed E-state index contributed by atoms with van der Waals surface area (Å²) in [4.78, 5) is 36.2. The van der Waals surface area contributed by atoms with Crippen LogP contribution in [0.4, 0.5) is 0 Å². The summed E-state index contributed by atoms with van der Waals surface area (Å²) in [6.07, 6.45) is 1.09. The number of hydrogen-bond acceptors (Lipinski definition) is 6. The van der Waals surface area contributed by atoms with E-state index in [1.165, 1.54) is 6.92 Å². The highest BCUT2D eigenvalue weighted by molar-refractivity contribution is 5.93. The van der Waals surface area contributed by atoms with E-state index in [2.05, 4.69) is 6.58 Å². The summed E-state index contributed by atoms with van der Waals surface area (Å²) in [6.45, 7) is 6.52. The molecule has 3 rings (SSSR count). The molecule has 2 aliphatic carbocycles. The lowest BCUT2D eigenvalue weighted by Gasteiger charge is -2.37. The zero-order valence-electron chi connectivity index (χ0n) is 13.4. The third-order valence-corrected chi connectivity index (χ3v) is 5.78. The zero-order chi connectivity index (χ0) is 16.9. The summed E-state index contributed by atoms with van der Waals surface area (Å²) in [5, 5.41) is 9.94. The van der Waals surface area contributed by atoms with Crippen molar-refractivity contribution in [2.75, 3.05) is 6.61 Å². The Morgan fingerprint density at radius 1 is 1.48 bits per heavy atom. The number of aliphatic hydroxyl groups excluding tert-OH is 1. The summed E-state index contributed by atoms with van der Waals surface area (Å²) in [5.74, 6) is -2.35. The van der Waals surface area contributed by atoms with Gasteiger partial charge in [-0.2, -0.15) is 0 Å². The number of carbonyl (C=O) groups excluding carboxylic acids is 3. The van der Waals surface area contributed by atoms with Gasteiger partial charge in [-0.05, 0) is 18.8 Å². The van der Waals surface area contributed by atoms with Gasteiger partial charge in [-0.25, -0.2) is 0 Å². The average Bonchev–Trinajstić information content (AvgIpc) is 2.87. The lowest BCUT2D eigenvalue weighted by atomic mass is 9.75. The molecule has 6 unspecified atom stereocenters. The van der Waals surface area contributed by atoms with Crippen molar-refractivity contribution in [3.8, 4) is 0 Å². The first-order valence-corrected chi connectivity index (χ1v) is 8.03. The molecule has 1 aliphatic heterocycles. The molecule has 23 heavy (non-hydrogen) atoms. The number of Topliss-reactive ketones (excluding diaryl/α,β-unsaturated/α-hetero) is 1. The van der Waals surface area contributed by atoms with Crippen molar-refractivity contribution >= 4 is 17.7 Å². The summed E-state index contributed by atoms with van der Waals surface area (Å²) in [5.41, 5.74) is -0.722. The highest BCUT2D eigenvalue weighted by atomic mass is 16.6. The lowest BCUT2D eigenvalue weighted by molar-refractivity contribution is -0.182. The van der Waals surface area contributed by atoms with Crippen molar-refractivity contribution in [1.82, 2.24) is 0 Å². The van der Waals surface area contributed by atoms with E-state index in [1.807, 2.05) is 6.92 Å². The van der Waals surface area contributed by atoms with E-state index < -0.39 is 30.2 Å². The molecule has 6 atom stereocenters. The van der Waals surface area contributed by atoms with Crippen LogP contribution in [-0.2, 0) is 23.9 Å². The van der Waals surface area contributed by atoms with Gasteiger partial charge >= 0.3 is 11.9 Å². The standard InChI is InChI=1S/C17H22O6/c1-8-4-5-11-9(2)16(21)22-15(11)14-12(8)6-13(20)17(14,7-18)23-10(3)19/h9,11-12,14-15,18H,1,4-7H2,2-3H3. The van der Waals surface area contributed by atoms with Crippen LogP contribution in [0.25, 0.3) is 0 Å². The molecule has 0 amide bonds. The van der Waals surface area contributed by atoms with E-state index in [0.29, 0.717) is 6.42 Å². The molecule has 0 aromatic carbocycles. The first kappa shape index (κ1) is 16.2. The van der Waals surface area contributed by atoms with Crippen LogP contribution in [-0.4, -0.2) is 41.1 Å². The summed E-state index contributed by atoms with van der Waals surface area (Å²) in [7, 11) is 0. The molecule has 0 aromatic rings. The number of hydrogen-bond donors (Lipinski definition) is 1. The van der Waals surface area contributed by atoms with E-state index in [4.69, 9.17) is 9.47 Å². The Kier molecular flexibility index (Phi) is 3.83. The van der Waals surface area contributed by atoms with Crippen LogP contribution in [0.5, 0.6) is 0 Å². The lowest BCUT2D eigenvalue weighted by Crippen LogP contribution is -2.53. The molecule has 1 N–H and O–H groups in total. The van der Waals surface area contributed by atoms with Crippen molar-refractivity contribution in [3.05, 3.63) is 12.2 Å². The maximum Gasteiger partial charge on any atom is 0.309 e. The van der Waals surface area contributed by atoms with Crippen LogP contribution < -0.4 is 0 Å². The maximum absolute atomic E-state index is 12.6. The predicted octanol–water partition coefficient (Wildman–Crippen LogP) is 1.01. The van der Waals surface area contributed by atoms with Gasteiger partial charge in [-0.1, -0.05) is 19.1 Å². The summed E-state index contributed by atoms with van der Waals surface area (Å²) >= 11 is 0. The second-order valence-corrected chi connectivity index (χ2v) is 6.95. The van der Waals surface area contributed by atoms with Gasteiger partial charge in [0.25, 0.3) is 0 Å². The highest BCUT2D eigenvalue weighted by Crippen LogP contribution is 2.54. The minimum Gasteiger partial charge on any atom is -0.461 e. The number of ether oxygens (including phenoxy) is 2. The fourth-order valence-electron chi connectivity index (χ4n) is 4.59. The number of fused-ring (bicyclic) bond motifs is 3. The smallest absolute Gasteiger partial charge is 0.309 e. The Morgan fingerprint density at radius 3 is 2.78 bits per heavy atom. The number of ketones is 1. The Balaban J connectivity index is 2.09. The van der Waals surface area contributed by atoms with Crippen LogP contribution >= 0.6 is 0 Å². The van der Waals surface area contributed by atoms with Crippen molar-refractivity contribution < 1.29 is 29.0 Å². The fraction of sp³-hybridized carbons (Fsp3) is 0.706. The molecular formula is C17H22O6. The number of rotatable bonds is 2. The Hall–Kier alpha value is -1.69. The van der Waals surface area contributed by atoms with E-state index >= 15 is 0 Å². The predicted molar refractivity (Wildman–Crippen MR) is 79.1 cm³/mol. The monoisotopic (exact) mass is 322 g/mol. The molecule has 0 spiro atoms. The molecule has 1 heterocycles. The van der Waals surface area contributed by atoms with Gasteiger partial charge in [-0.15, -0.1) is 0 Å². The van der Waals surface area contributed by atoms with Gasteiger partial charge in [0.2, 0.25) is 0 Å². The van der Waals surface area contributed by atoms with E-state index in [1.54, 1.807) is 0 Å². The van der Waals surface area contributed by atoms with Crippen LogP contribution in [0.1, 0.15) is 33.1 Å². The van der Waals surface area contributed by atoms with Crippen LogP contribution in [0.2, 0.25) is 0 Å². The van der Waals surface area contributed by atoms with Gasteiger partial charge in [0.15, 0.2) is 11.4 Å². The molecule has 0 aromatic heterocycles. The molecule has 0 radical (unpaired) electrons. The Morgan fingerprint density at radius 2 is 2.17 bits per heavy atom. The van der Waals surface area contributed by atoms with E-state index in [9.17, 15) is 19.5 Å². The second-order valence-electron chi connectivity index (χ2n) is 6.95. The van der Waals surface area contributed by atoms with Crippen molar-refractivity contribution in [3.63, 3.8) is 0 Å². The first-order chi connectivity index (χ1) is 10.8. The Labute approximate surface area is 134 Å². The highest BCUT2D eigenvalue weighted by Gasteiger charge is 2.65. The molecule has 3 fully saturated rings. The number of aliphatic hydroxyl groups is 1. The SMILES string of the molecule is C=C1CCC2C(C)C(=O)OC2C2C1CC(=O)C2(CO)OC(C)=O. The second kappa shape index (κ2) is 5.44. The van der Waals surface area contributed by atoms with Gasteiger partial charge < -0.3 is 14.6 Å². The molecule has 126 valence electrons. The molecule has 2 saturated carbocycles. The zero-order valence-corrected chi connectivity index (χ0v) is 13.4. The number of esters is 2. The molecule has 6 nitrogen and oxygen atoms in total. The maximum atomic E-state index is 12.6. The van der Waals surface area contributed by atoms with Crippen LogP contribution in [0.15, 0.2) is 12.2 Å². The van der Waals surface area contributed by atoms with Crippen molar-refractivity contribution in [2.24, 2.45) is 23.7 Å². The quantitative estimate of drug-likeness (QED) is 0.603. The van der Waals surface area contributed by atoms with E-state index in [0.717, 1.165) is 12.0 Å². The average molecular weight is 322 g/mol. The number of carbonyl (C=O) groups is 3. The van der Waals surface area contributed by atoms with E-state index in [-0.39, 0.29) is 35.9 Å². The van der Waals surface area contributed by atoms with Gasteiger partial charge in [0.1, 0.15) is 6.10 Å². The third-order valence-electron chi connectivity index (χ3n) is 5.78. The van der Waals surface area contributed by atoms with Crippen molar-refractivity contribution in [2.45, 2.75) is 44.8 Å². The van der Waals surface area contributed by atoms with Gasteiger partial charge in [-0.3, -0.25) is 14.4 Å². The summed E-state index contributed by atoms with van der Waals surface area (Å²) in [6, 6.07) is 0. The fourth-order valence-corrected chi connectivity index (χ4v) is 4.59. The van der Waals surface area contributed by atoms with Gasteiger partial charge in [0, 0.05) is 19.3 Å². The first-order valence-electron chi connectivity index (χ1n) is 8.03. The minimum absolute atomic E-state index is 0.0540. The molecule has 1 saturated heterocycles. The number of allylic oxidation sites excluding steroid dienone is 1. The summed E-state index contributed by atoms with van der Waals surface area (Å²) < 4.78 is 10.9. The van der Waals surface area contributed by atoms with Crippen LogP contribution in [0.3, 0.4) is 0 Å². The molecule has 0 bridgehead atoms.